The number of benzene rings is 3. The van der Waals surface area contributed by atoms with Crippen LogP contribution in [-0.2, 0) is 14.3 Å². The first-order valence-electron chi connectivity index (χ1n) is 13.7. The van der Waals surface area contributed by atoms with Crippen LogP contribution in [0.1, 0.15) is 50.3 Å². The third-order valence-electron chi connectivity index (χ3n) is 7.69. The van der Waals surface area contributed by atoms with E-state index in [0.29, 0.717) is 35.8 Å². The number of halogens is 2. The molecule has 0 spiro atoms. The van der Waals surface area contributed by atoms with Gasteiger partial charge in [-0.05, 0) is 98.5 Å². The highest BCUT2D eigenvalue weighted by Gasteiger charge is 2.23. The van der Waals surface area contributed by atoms with E-state index in [1.165, 1.54) is 24.8 Å². The average molecular weight is 578 g/mol. The molecular weight excluding hydrogens is 541 g/mol. The van der Waals surface area contributed by atoms with Crippen molar-refractivity contribution in [2.24, 2.45) is 0 Å². The largest absolute Gasteiger partial charge is 0.493 e. The molecule has 0 fully saturated rings. The van der Waals surface area contributed by atoms with Crippen molar-refractivity contribution in [2.45, 2.75) is 40.5 Å². The van der Waals surface area contributed by atoms with Gasteiger partial charge in [-0.1, -0.05) is 35.9 Å². The molecule has 5 nitrogen and oxygen atoms in total. The number of nitrogens with zero attached hydrogens (tertiary/aromatic N) is 1. The van der Waals surface area contributed by atoms with Crippen LogP contribution in [0.25, 0.3) is 21.9 Å². The van der Waals surface area contributed by atoms with Crippen LogP contribution < -0.4 is 4.74 Å². The Morgan fingerprint density at radius 3 is 2.63 bits per heavy atom. The summed E-state index contributed by atoms with van der Waals surface area (Å²) in [7, 11) is 3.55. The number of allylic oxidation sites excluding steroid dienone is 4. The Labute approximate surface area is 246 Å². The van der Waals surface area contributed by atoms with Gasteiger partial charge in [0.2, 0.25) is 0 Å². The van der Waals surface area contributed by atoms with Gasteiger partial charge in [-0.15, -0.1) is 0 Å². The van der Waals surface area contributed by atoms with Crippen molar-refractivity contribution in [1.82, 2.24) is 4.90 Å². The summed E-state index contributed by atoms with van der Waals surface area (Å²) in [4.78, 5) is 15.2. The zero-order chi connectivity index (χ0) is 29.7. The summed E-state index contributed by atoms with van der Waals surface area (Å²) in [6.07, 6.45) is 3.42. The first-order chi connectivity index (χ1) is 19.6. The molecule has 7 heteroatoms. The lowest BCUT2D eigenvalue weighted by atomic mass is 9.85. The second-order valence-corrected chi connectivity index (χ2v) is 10.7. The summed E-state index contributed by atoms with van der Waals surface area (Å²) in [5.41, 5.74) is 7.73. The van der Waals surface area contributed by atoms with Crippen LogP contribution in [0.4, 0.5) is 4.39 Å². The molecule has 1 aliphatic rings. The van der Waals surface area contributed by atoms with E-state index in [-0.39, 0.29) is 12.6 Å². The fourth-order valence-corrected chi connectivity index (χ4v) is 5.63. The molecule has 0 radical (unpaired) electrons. The number of methoxy groups -OCH3 is 1. The Morgan fingerprint density at radius 1 is 1.10 bits per heavy atom. The van der Waals surface area contributed by atoms with Gasteiger partial charge >= 0.3 is 5.97 Å². The van der Waals surface area contributed by atoms with Crippen molar-refractivity contribution in [1.29, 1.82) is 0 Å². The zero-order valence-corrected chi connectivity index (χ0v) is 25.3. The summed E-state index contributed by atoms with van der Waals surface area (Å²) >= 11 is 6.83. The molecule has 4 rings (SSSR count). The molecule has 1 aliphatic heterocycles. The lowest BCUT2D eigenvalue weighted by Gasteiger charge is -2.29. The fourth-order valence-electron chi connectivity index (χ4n) is 5.33. The SMILES string of the molecule is COCOC(=O)/C(C)=C(\CCCOc1cccc2cc(F)ccc12)c1ccc(Cl)c(C2=C(C)N(C)CC=C2C)c1C. The summed E-state index contributed by atoms with van der Waals surface area (Å²) < 4.78 is 30.1. The number of fused-ring (bicyclic) bond motifs is 1. The predicted octanol–water partition coefficient (Wildman–Crippen LogP) is 8.34. The number of hydrogen-bond donors (Lipinski definition) is 0. The van der Waals surface area contributed by atoms with E-state index in [9.17, 15) is 9.18 Å². The van der Waals surface area contributed by atoms with Crippen LogP contribution in [-0.4, -0.2) is 45.0 Å². The Kier molecular flexibility index (Phi) is 9.90. The minimum Gasteiger partial charge on any atom is -0.493 e. The Bertz CT molecular complexity index is 1560. The van der Waals surface area contributed by atoms with E-state index >= 15 is 0 Å². The standard InChI is InChI=1S/C34H37ClFNO4/c1-21-16-17-37(5)24(4)32(21)33-22(2)28(14-15-30(33)35)27(23(3)34(38)41-20-39-6)10-8-18-40-31-11-7-9-25-19-26(36)12-13-29(25)31/h7,9,11-16,19H,8,10,17-18,20H2,1-6H3/b27-23+. The predicted molar refractivity (Wildman–Crippen MR) is 164 cm³/mol. The molecule has 0 unspecified atom stereocenters. The van der Waals surface area contributed by atoms with Gasteiger partial charge in [0.15, 0.2) is 6.79 Å². The van der Waals surface area contributed by atoms with Gasteiger partial charge in [0.25, 0.3) is 0 Å². The third-order valence-corrected chi connectivity index (χ3v) is 8.00. The van der Waals surface area contributed by atoms with Crippen LogP contribution in [0.5, 0.6) is 5.75 Å². The lowest BCUT2D eigenvalue weighted by Crippen LogP contribution is -2.21. The van der Waals surface area contributed by atoms with Crippen molar-refractivity contribution in [3.05, 3.63) is 99.0 Å². The molecular formula is C34H37ClFNO4. The number of esters is 1. The smallest absolute Gasteiger partial charge is 0.336 e. The molecule has 0 amide bonds. The van der Waals surface area contributed by atoms with Gasteiger partial charge < -0.3 is 19.1 Å². The van der Waals surface area contributed by atoms with Gasteiger partial charge in [-0.2, -0.15) is 0 Å². The van der Waals surface area contributed by atoms with Crippen molar-refractivity contribution in [3.8, 4) is 5.75 Å². The zero-order valence-electron chi connectivity index (χ0n) is 24.6. The molecule has 3 aromatic carbocycles. The van der Waals surface area contributed by atoms with E-state index < -0.39 is 5.97 Å². The molecule has 0 aliphatic carbocycles. The van der Waals surface area contributed by atoms with Crippen LogP contribution in [0.3, 0.4) is 0 Å². The quantitative estimate of drug-likeness (QED) is 0.105. The summed E-state index contributed by atoms with van der Waals surface area (Å²) in [5, 5.41) is 2.30. The molecule has 1 heterocycles. The molecule has 41 heavy (non-hydrogen) atoms. The van der Waals surface area contributed by atoms with Crippen molar-refractivity contribution in [3.63, 3.8) is 0 Å². The molecule has 0 bridgehead atoms. The monoisotopic (exact) mass is 577 g/mol. The molecule has 0 aromatic heterocycles. The highest BCUT2D eigenvalue weighted by Crippen LogP contribution is 2.40. The van der Waals surface area contributed by atoms with E-state index in [1.807, 2.05) is 30.3 Å². The summed E-state index contributed by atoms with van der Waals surface area (Å²) in [6, 6.07) is 14.1. The maximum Gasteiger partial charge on any atom is 0.336 e. The molecule has 0 saturated carbocycles. The third kappa shape index (κ3) is 6.66. The Balaban J connectivity index is 1.67. The van der Waals surface area contributed by atoms with E-state index in [0.717, 1.165) is 50.9 Å². The average Bonchev–Trinajstić information content (AvgIpc) is 2.95. The number of carbonyl (C=O) groups excluding carboxylic acids is 1. The van der Waals surface area contributed by atoms with Gasteiger partial charge in [-0.3, -0.25) is 0 Å². The molecule has 0 N–H and O–H groups in total. The number of carbonyl (C=O) groups is 1. The number of hydrogen-bond acceptors (Lipinski definition) is 5. The normalized spacial score (nSPS) is 14.2. The molecule has 216 valence electrons. The summed E-state index contributed by atoms with van der Waals surface area (Å²) in [6.45, 7) is 9.19. The molecule has 3 aromatic rings. The van der Waals surface area contributed by atoms with Crippen LogP contribution in [0.15, 0.2) is 71.5 Å². The van der Waals surface area contributed by atoms with Crippen LogP contribution in [0, 0.1) is 12.7 Å². The van der Waals surface area contributed by atoms with Crippen LogP contribution in [0.2, 0.25) is 5.02 Å². The highest BCUT2D eigenvalue weighted by atomic mass is 35.5. The van der Waals surface area contributed by atoms with Crippen LogP contribution >= 0.6 is 11.6 Å². The van der Waals surface area contributed by atoms with Crippen molar-refractivity contribution >= 4 is 39.5 Å². The van der Waals surface area contributed by atoms with E-state index in [4.69, 9.17) is 25.8 Å². The Hall–Kier alpha value is -3.61. The topological polar surface area (TPSA) is 48.0 Å². The minimum absolute atomic E-state index is 0.124. The fraction of sp³-hybridized carbons (Fsp3) is 0.324. The molecule has 0 saturated heterocycles. The lowest BCUT2D eigenvalue weighted by molar-refractivity contribution is -0.149. The molecule has 0 atom stereocenters. The number of likely N-dealkylation sites (N-methyl/N-ethyl adjacent to an activating group) is 1. The van der Waals surface area contributed by atoms with Gasteiger partial charge in [0.1, 0.15) is 11.6 Å². The first-order valence-corrected chi connectivity index (χ1v) is 14.1. The first kappa shape index (κ1) is 30.4. The minimum atomic E-state index is -0.432. The van der Waals surface area contributed by atoms with Crippen molar-refractivity contribution < 1.29 is 23.4 Å². The van der Waals surface area contributed by atoms with Gasteiger partial charge in [-0.25, -0.2) is 9.18 Å². The highest BCUT2D eigenvalue weighted by molar-refractivity contribution is 6.33. The van der Waals surface area contributed by atoms with Gasteiger partial charge in [0, 0.05) is 53.5 Å². The van der Waals surface area contributed by atoms with Gasteiger partial charge in [0.05, 0.1) is 6.61 Å². The second-order valence-electron chi connectivity index (χ2n) is 10.3. The number of rotatable bonds is 10. The summed E-state index contributed by atoms with van der Waals surface area (Å²) in [5.74, 6) is -0.0200. The van der Waals surface area contributed by atoms with Crippen molar-refractivity contribution in [2.75, 3.05) is 34.1 Å². The number of ether oxygens (including phenoxy) is 3. The van der Waals surface area contributed by atoms with E-state index in [1.54, 1.807) is 13.0 Å². The van der Waals surface area contributed by atoms with E-state index in [2.05, 4.69) is 38.8 Å². The maximum atomic E-state index is 13.7. The Morgan fingerprint density at radius 2 is 1.88 bits per heavy atom. The maximum absolute atomic E-state index is 13.7. The second kappa shape index (κ2) is 13.4.